The van der Waals surface area contributed by atoms with Gasteiger partial charge in [0.1, 0.15) is 0 Å². The highest BCUT2D eigenvalue weighted by Gasteiger charge is 2.20. The fourth-order valence-electron chi connectivity index (χ4n) is 3.07. The molecule has 0 unspecified atom stereocenters. The number of hydrogen-bond donors (Lipinski definition) is 1. The molecule has 0 spiro atoms. The topological polar surface area (TPSA) is 111 Å². The fourth-order valence-corrected chi connectivity index (χ4v) is 3.07. The van der Waals surface area contributed by atoms with Crippen LogP contribution in [0.5, 0.6) is 0 Å². The number of anilines is 2. The molecule has 2 aromatic carbocycles. The van der Waals surface area contributed by atoms with E-state index in [0.717, 1.165) is 5.69 Å². The first kappa shape index (κ1) is 21.0. The molecule has 0 saturated carbocycles. The summed E-state index contributed by atoms with van der Waals surface area (Å²) in [5, 5.41) is 13.5. The molecule has 0 bridgehead atoms. The summed E-state index contributed by atoms with van der Waals surface area (Å²) >= 11 is 0. The minimum Gasteiger partial charge on any atom is -0.465 e. The lowest BCUT2D eigenvalue weighted by atomic mass is 10.1. The maximum absolute atomic E-state index is 12.3. The van der Waals surface area contributed by atoms with Crippen LogP contribution < -0.4 is 10.2 Å². The maximum Gasteiger partial charge on any atom is 0.340 e. The van der Waals surface area contributed by atoms with Crippen LogP contribution in [0.1, 0.15) is 15.9 Å². The molecule has 0 aromatic heterocycles. The quantitative estimate of drug-likeness (QED) is 0.337. The average Bonchev–Trinajstić information content (AvgIpc) is 2.78. The largest absolute Gasteiger partial charge is 0.465 e. The van der Waals surface area contributed by atoms with Crippen molar-refractivity contribution < 1.29 is 24.0 Å². The van der Waals surface area contributed by atoms with Crippen LogP contribution in [0.3, 0.4) is 0 Å². The van der Waals surface area contributed by atoms with Gasteiger partial charge in [-0.25, -0.2) is 4.79 Å². The van der Waals surface area contributed by atoms with Crippen molar-refractivity contribution in [3.05, 3.63) is 69.8 Å². The number of rotatable bonds is 6. The molecule has 1 N–H and O–H groups in total. The number of ether oxygens (including phenoxy) is 2. The Labute approximate surface area is 173 Å². The lowest BCUT2D eigenvalue weighted by Crippen LogP contribution is -2.37. The van der Waals surface area contributed by atoms with E-state index in [0.29, 0.717) is 43.1 Å². The molecule has 0 aliphatic carbocycles. The van der Waals surface area contributed by atoms with Crippen LogP contribution >= 0.6 is 0 Å². The van der Waals surface area contributed by atoms with Crippen molar-refractivity contribution in [3.8, 4) is 0 Å². The van der Waals surface area contributed by atoms with Gasteiger partial charge in [-0.3, -0.25) is 14.9 Å². The normalized spacial score (nSPS) is 13.8. The van der Waals surface area contributed by atoms with E-state index < -0.39 is 16.8 Å². The average molecular weight is 411 g/mol. The fraction of sp³-hybridized carbons (Fsp3) is 0.238. The molecule has 1 amide bonds. The van der Waals surface area contributed by atoms with Crippen molar-refractivity contribution >= 4 is 35.0 Å². The Morgan fingerprint density at radius 2 is 1.97 bits per heavy atom. The van der Waals surface area contributed by atoms with Crippen LogP contribution in [-0.2, 0) is 14.3 Å². The summed E-state index contributed by atoms with van der Waals surface area (Å²) in [6.45, 7) is 2.45. The van der Waals surface area contributed by atoms with Crippen LogP contribution in [0.25, 0.3) is 6.08 Å². The van der Waals surface area contributed by atoms with Crippen LogP contribution in [-0.4, -0.2) is 50.2 Å². The maximum atomic E-state index is 12.3. The molecule has 30 heavy (non-hydrogen) atoms. The molecule has 3 rings (SSSR count). The van der Waals surface area contributed by atoms with Gasteiger partial charge in [0.25, 0.3) is 5.69 Å². The summed E-state index contributed by atoms with van der Waals surface area (Å²) in [5.74, 6) is -0.934. The molecule has 9 heteroatoms. The van der Waals surface area contributed by atoms with Gasteiger partial charge in [0, 0.05) is 37.0 Å². The smallest absolute Gasteiger partial charge is 0.340 e. The second kappa shape index (κ2) is 9.66. The highest BCUT2D eigenvalue weighted by Crippen LogP contribution is 2.26. The van der Waals surface area contributed by atoms with Gasteiger partial charge in [-0.1, -0.05) is 12.1 Å². The number of morpholine rings is 1. The number of nitro benzene ring substituents is 1. The minimum absolute atomic E-state index is 0.0565. The van der Waals surface area contributed by atoms with Gasteiger partial charge in [-0.15, -0.1) is 0 Å². The van der Waals surface area contributed by atoms with E-state index in [2.05, 4.69) is 5.32 Å². The lowest BCUT2D eigenvalue weighted by Gasteiger charge is -2.30. The Morgan fingerprint density at radius 1 is 1.20 bits per heavy atom. The van der Waals surface area contributed by atoms with Gasteiger partial charge < -0.3 is 19.7 Å². The summed E-state index contributed by atoms with van der Waals surface area (Å²) in [4.78, 5) is 36.9. The number of nitrogens with zero attached hydrogens (tertiary/aromatic N) is 2. The van der Waals surface area contributed by atoms with Crippen molar-refractivity contribution in [2.24, 2.45) is 0 Å². The molecule has 2 aromatic rings. The van der Waals surface area contributed by atoms with Crippen LogP contribution in [0.15, 0.2) is 48.5 Å². The number of non-ortho nitro benzene ring substituents is 1. The summed E-state index contributed by atoms with van der Waals surface area (Å²) < 4.78 is 10.2. The summed E-state index contributed by atoms with van der Waals surface area (Å²) in [6.07, 6.45) is 2.75. The zero-order chi connectivity index (χ0) is 21.5. The molecule has 156 valence electrons. The molecule has 1 aliphatic rings. The number of amides is 1. The van der Waals surface area contributed by atoms with Crippen LogP contribution in [0, 0.1) is 10.1 Å². The number of carbonyl (C=O) groups excluding carboxylic acids is 2. The summed E-state index contributed by atoms with van der Waals surface area (Å²) in [7, 11) is 1.30. The third kappa shape index (κ3) is 5.21. The standard InChI is InChI=1S/C21H21N3O6/c1-29-21(26)18-14-16(6-7-19(18)23-9-11-30-12-10-23)22-20(25)8-5-15-3-2-4-17(13-15)24(27)28/h2-8,13-14H,9-12H2,1H3,(H,22,25)/b8-5+. The number of carbonyl (C=O) groups is 2. The van der Waals surface area contributed by atoms with E-state index in [1.165, 1.54) is 31.4 Å². The molecule has 0 radical (unpaired) electrons. The minimum atomic E-state index is -0.500. The van der Waals surface area contributed by atoms with E-state index >= 15 is 0 Å². The first-order chi connectivity index (χ1) is 14.5. The van der Waals surface area contributed by atoms with Gasteiger partial charge in [-0.2, -0.15) is 0 Å². The van der Waals surface area contributed by atoms with E-state index in [1.54, 1.807) is 30.3 Å². The lowest BCUT2D eigenvalue weighted by molar-refractivity contribution is -0.384. The Morgan fingerprint density at radius 3 is 2.67 bits per heavy atom. The Hall–Kier alpha value is -3.72. The Balaban J connectivity index is 1.75. The van der Waals surface area contributed by atoms with Crippen LogP contribution in [0.4, 0.5) is 17.1 Å². The predicted molar refractivity (Wildman–Crippen MR) is 112 cm³/mol. The van der Waals surface area contributed by atoms with Gasteiger partial charge in [0.05, 0.1) is 36.5 Å². The first-order valence-electron chi connectivity index (χ1n) is 9.26. The Kier molecular flexibility index (Phi) is 6.76. The summed E-state index contributed by atoms with van der Waals surface area (Å²) in [5.41, 5.74) is 1.97. The number of hydrogen-bond acceptors (Lipinski definition) is 7. The molecule has 1 aliphatic heterocycles. The number of nitro groups is 1. The zero-order valence-corrected chi connectivity index (χ0v) is 16.4. The third-order valence-corrected chi connectivity index (χ3v) is 4.53. The molecular formula is C21H21N3O6. The number of esters is 1. The van der Waals surface area contributed by atoms with E-state index in [-0.39, 0.29) is 5.69 Å². The summed E-state index contributed by atoms with van der Waals surface area (Å²) in [6, 6.07) is 11.0. The van der Waals surface area contributed by atoms with E-state index in [1.807, 2.05) is 4.90 Å². The molecule has 9 nitrogen and oxygen atoms in total. The molecular weight excluding hydrogens is 390 g/mol. The molecule has 1 heterocycles. The van der Waals surface area contributed by atoms with E-state index in [9.17, 15) is 19.7 Å². The number of benzene rings is 2. The van der Waals surface area contributed by atoms with Crippen molar-refractivity contribution in [1.82, 2.24) is 0 Å². The number of methoxy groups -OCH3 is 1. The van der Waals surface area contributed by atoms with Gasteiger partial charge in [0.15, 0.2) is 0 Å². The monoisotopic (exact) mass is 411 g/mol. The zero-order valence-electron chi connectivity index (χ0n) is 16.4. The number of nitrogens with one attached hydrogen (secondary N) is 1. The van der Waals surface area contributed by atoms with Gasteiger partial charge >= 0.3 is 5.97 Å². The predicted octanol–water partition coefficient (Wildman–Crippen LogP) is 2.87. The van der Waals surface area contributed by atoms with Crippen molar-refractivity contribution in [3.63, 3.8) is 0 Å². The second-order valence-electron chi connectivity index (χ2n) is 6.50. The second-order valence-corrected chi connectivity index (χ2v) is 6.50. The molecule has 1 saturated heterocycles. The van der Waals surface area contributed by atoms with Crippen molar-refractivity contribution in [1.29, 1.82) is 0 Å². The van der Waals surface area contributed by atoms with Crippen LogP contribution in [0.2, 0.25) is 0 Å². The first-order valence-corrected chi connectivity index (χ1v) is 9.26. The highest BCUT2D eigenvalue weighted by molar-refractivity contribution is 6.03. The van der Waals surface area contributed by atoms with Crippen molar-refractivity contribution in [2.75, 3.05) is 43.6 Å². The van der Waals surface area contributed by atoms with Gasteiger partial charge in [0.2, 0.25) is 5.91 Å². The van der Waals surface area contributed by atoms with Gasteiger partial charge in [-0.05, 0) is 29.8 Å². The molecule has 1 fully saturated rings. The SMILES string of the molecule is COC(=O)c1cc(NC(=O)/C=C/c2cccc([N+](=O)[O-])c2)ccc1N1CCOCC1. The highest BCUT2D eigenvalue weighted by atomic mass is 16.6. The van der Waals surface area contributed by atoms with Crippen molar-refractivity contribution in [2.45, 2.75) is 0 Å². The van der Waals surface area contributed by atoms with E-state index in [4.69, 9.17) is 9.47 Å². The Bertz CT molecular complexity index is 982. The third-order valence-electron chi connectivity index (χ3n) is 4.53. The molecule has 0 atom stereocenters.